The van der Waals surface area contributed by atoms with E-state index in [2.05, 4.69) is 15.9 Å². The lowest BCUT2D eigenvalue weighted by Gasteiger charge is -2.04. The molecule has 0 aromatic heterocycles. The van der Waals surface area contributed by atoms with Crippen molar-refractivity contribution in [3.05, 3.63) is 34.8 Å². The molecule has 0 saturated heterocycles. The molecule has 2 aromatic rings. The van der Waals surface area contributed by atoms with Crippen LogP contribution in [0.3, 0.4) is 0 Å². The van der Waals surface area contributed by atoms with E-state index in [4.69, 9.17) is 5.73 Å². The maximum absolute atomic E-state index is 9.52. The summed E-state index contributed by atoms with van der Waals surface area (Å²) in [5, 5.41) is 11.3. The summed E-state index contributed by atoms with van der Waals surface area (Å²) in [5.41, 5.74) is 6.39. The van der Waals surface area contributed by atoms with Gasteiger partial charge in [0.2, 0.25) is 0 Å². The zero-order valence-electron chi connectivity index (χ0n) is 6.79. The van der Waals surface area contributed by atoms with Crippen LogP contribution in [0.5, 0.6) is 5.75 Å². The van der Waals surface area contributed by atoms with Crippen LogP contribution in [0.15, 0.2) is 34.8 Å². The van der Waals surface area contributed by atoms with Crippen molar-refractivity contribution in [1.82, 2.24) is 0 Å². The Balaban J connectivity index is 2.94. The fourth-order valence-corrected chi connectivity index (χ4v) is 1.80. The standard InChI is InChI=1S/C10H8BrNO/c11-10-7-2-1-3-9(13)6(7)4-5-8(10)12/h1-5,13H,12H2. The zero-order valence-corrected chi connectivity index (χ0v) is 8.38. The van der Waals surface area contributed by atoms with Gasteiger partial charge in [-0.3, -0.25) is 0 Å². The normalized spacial score (nSPS) is 10.5. The number of benzene rings is 2. The quantitative estimate of drug-likeness (QED) is 0.693. The zero-order chi connectivity index (χ0) is 9.42. The molecule has 0 aliphatic carbocycles. The second-order valence-electron chi connectivity index (χ2n) is 2.84. The molecule has 0 aliphatic heterocycles. The number of nitrogen functional groups attached to an aromatic ring is 1. The summed E-state index contributed by atoms with van der Waals surface area (Å²) in [6.07, 6.45) is 0. The minimum Gasteiger partial charge on any atom is -0.507 e. The molecule has 3 N–H and O–H groups in total. The Morgan fingerprint density at radius 3 is 2.62 bits per heavy atom. The Morgan fingerprint density at radius 2 is 1.85 bits per heavy atom. The smallest absolute Gasteiger partial charge is 0.123 e. The van der Waals surface area contributed by atoms with Crippen molar-refractivity contribution in [3.8, 4) is 5.75 Å². The van der Waals surface area contributed by atoms with E-state index in [-0.39, 0.29) is 5.75 Å². The van der Waals surface area contributed by atoms with Crippen LogP contribution in [0.4, 0.5) is 5.69 Å². The summed E-state index contributed by atoms with van der Waals surface area (Å²) >= 11 is 3.38. The second kappa shape index (κ2) is 2.92. The summed E-state index contributed by atoms with van der Waals surface area (Å²) in [4.78, 5) is 0. The first-order valence-electron chi connectivity index (χ1n) is 3.86. The van der Waals surface area contributed by atoms with Gasteiger partial charge in [-0.05, 0) is 34.1 Å². The average molecular weight is 238 g/mol. The molecule has 3 heteroatoms. The summed E-state index contributed by atoms with van der Waals surface area (Å²) in [7, 11) is 0. The first-order valence-corrected chi connectivity index (χ1v) is 4.65. The van der Waals surface area contributed by atoms with E-state index in [1.54, 1.807) is 18.2 Å². The van der Waals surface area contributed by atoms with Gasteiger partial charge in [0.25, 0.3) is 0 Å². The van der Waals surface area contributed by atoms with Gasteiger partial charge in [-0.2, -0.15) is 0 Å². The highest BCUT2D eigenvalue weighted by Gasteiger charge is 2.04. The first-order chi connectivity index (χ1) is 6.20. The van der Waals surface area contributed by atoms with Crippen molar-refractivity contribution >= 4 is 32.4 Å². The molecule has 0 atom stereocenters. The van der Waals surface area contributed by atoms with Gasteiger partial charge in [-0.25, -0.2) is 0 Å². The van der Waals surface area contributed by atoms with E-state index < -0.39 is 0 Å². The van der Waals surface area contributed by atoms with Crippen LogP contribution < -0.4 is 5.73 Å². The van der Waals surface area contributed by atoms with Crippen LogP contribution in [-0.2, 0) is 0 Å². The van der Waals surface area contributed by atoms with Crippen molar-refractivity contribution in [1.29, 1.82) is 0 Å². The highest BCUT2D eigenvalue weighted by Crippen LogP contribution is 2.33. The lowest BCUT2D eigenvalue weighted by atomic mass is 10.1. The van der Waals surface area contributed by atoms with E-state index in [1.165, 1.54) is 0 Å². The SMILES string of the molecule is Nc1ccc2c(O)cccc2c1Br. The summed E-state index contributed by atoms with van der Waals surface area (Å²) in [6, 6.07) is 8.94. The molecule has 0 aliphatic rings. The molecule has 66 valence electrons. The lowest BCUT2D eigenvalue weighted by molar-refractivity contribution is 0.481. The number of nitrogens with two attached hydrogens (primary N) is 1. The van der Waals surface area contributed by atoms with E-state index in [0.717, 1.165) is 15.2 Å². The summed E-state index contributed by atoms with van der Waals surface area (Å²) in [5.74, 6) is 0.276. The largest absolute Gasteiger partial charge is 0.507 e. The Bertz CT molecular complexity index is 468. The van der Waals surface area contributed by atoms with Crippen LogP contribution in [-0.4, -0.2) is 5.11 Å². The number of rotatable bonds is 0. The Hall–Kier alpha value is -1.22. The predicted octanol–water partition coefficient (Wildman–Crippen LogP) is 2.89. The van der Waals surface area contributed by atoms with Gasteiger partial charge in [0, 0.05) is 20.9 Å². The fourth-order valence-electron chi connectivity index (χ4n) is 1.32. The molecule has 0 unspecified atom stereocenters. The molecule has 13 heavy (non-hydrogen) atoms. The van der Waals surface area contributed by atoms with Gasteiger partial charge in [-0.1, -0.05) is 12.1 Å². The predicted molar refractivity (Wildman–Crippen MR) is 57.7 cm³/mol. The molecule has 0 saturated carbocycles. The number of aromatic hydroxyl groups is 1. The number of fused-ring (bicyclic) bond motifs is 1. The maximum atomic E-state index is 9.52. The minimum atomic E-state index is 0.276. The first kappa shape index (κ1) is 8.38. The Labute approximate surface area is 84.1 Å². The van der Waals surface area contributed by atoms with Crippen molar-refractivity contribution in [2.24, 2.45) is 0 Å². The van der Waals surface area contributed by atoms with Crippen LogP contribution >= 0.6 is 15.9 Å². The second-order valence-corrected chi connectivity index (χ2v) is 3.63. The van der Waals surface area contributed by atoms with Gasteiger partial charge in [0.05, 0.1) is 0 Å². The molecular weight excluding hydrogens is 230 g/mol. The molecular formula is C10H8BrNO. The lowest BCUT2D eigenvalue weighted by Crippen LogP contribution is -1.86. The molecule has 2 rings (SSSR count). The van der Waals surface area contributed by atoms with E-state index in [1.807, 2.05) is 12.1 Å². The molecule has 2 nitrogen and oxygen atoms in total. The molecule has 0 heterocycles. The van der Waals surface area contributed by atoms with Gasteiger partial charge >= 0.3 is 0 Å². The van der Waals surface area contributed by atoms with E-state index in [9.17, 15) is 5.11 Å². The molecule has 2 aromatic carbocycles. The number of hydrogen-bond donors (Lipinski definition) is 2. The van der Waals surface area contributed by atoms with Crippen molar-refractivity contribution < 1.29 is 5.11 Å². The van der Waals surface area contributed by atoms with Crippen molar-refractivity contribution in [2.75, 3.05) is 5.73 Å². The van der Waals surface area contributed by atoms with Crippen molar-refractivity contribution in [3.63, 3.8) is 0 Å². The van der Waals surface area contributed by atoms with Crippen LogP contribution in [0, 0.1) is 0 Å². The van der Waals surface area contributed by atoms with Gasteiger partial charge < -0.3 is 10.8 Å². The minimum absolute atomic E-state index is 0.276. The molecule has 0 radical (unpaired) electrons. The number of phenols is 1. The van der Waals surface area contributed by atoms with Crippen LogP contribution in [0.1, 0.15) is 0 Å². The van der Waals surface area contributed by atoms with Crippen LogP contribution in [0.25, 0.3) is 10.8 Å². The average Bonchev–Trinajstić information content (AvgIpc) is 2.12. The fraction of sp³-hybridized carbons (Fsp3) is 0. The molecule has 0 fully saturated rings. The third kappa shape index (κ3) is 1.25. The van der Waals surface area contributed by atoms with Gasteiger partial charge in [-0.15, -0.1) is 0 Å². The third-order valence-electron chi connectivity index (χ3n) is 2.00. The van der Waals surface area contributed by atoms with E-state index >= 15 is 0 Å². The number of phenolic OH excluding ortho intramolecular Hbond substituents is 1. The van der Waals surface area contributed by atoms with Gasteiger partial charge in [0.15, 0.2) is 0 Å². The molecule has 0 bridgehead atoms. The molecule has 0 amide bonds. The summed E-state index contributed by atoms with van der Waals surface area (Å²) in [6.45, 7) is 0. The van der Waals surface area contributed by atoms with Crippen LogP contribution in [0.2, 0.25) is 0 Å². The topological polar surface area (TPSA) is 46.2 Å². The highest BCUT2D eigenvalue weighted by atomic mass is 79.9. The Kier molecular flexibility index (Phi) is 1.88. The monoisotopic (exact) mass is 237 g/mol. The number of hydrogen-bond acceptors (Lipinski definition) is 2. The Morgan fingerprint density at radius 1 is 1.08 bits per heavy atom. The van der Waals surface area contributed by atoms with E-state index in [0.29, 0.717) is 5.69 Å². The number of anilines is 1. The van der Waals surface area contributed by atoms with Crippen molar-refractivity contribution in [2.45, 2.75) is 0 Å². The molecule has 0 spiro atoms. The third-order valence-corrected chi connectivity index (χ3v) is 2.89. The highest BCUT2D eigenvalue weighted by molar-refractivity contribution is 9.10. The number of halogens is 1. The maximum Gasteiger partial charge on any atom is 0.123 e. The van der Waals surface area contributed by atoms with Gasteiger partial charge in [0.1, 0.15) is 5.75 Å². The summed E-state index contributed by atoms with van der Waals surface area (Å²) < 4.78 is 0.834.